The van der Waals surface area contributed by atoms with Crippen LogP contribution < -0.4 is 10.6 Å². The Hall–Kier alpha value is -1.14. The first-order valence-electron chi connectivity index (χ1n) is 7.36. The van der Waals surface area contributed by atoms with E-state index in [0.29, 0.717) is 6.54 Å². The molecule has 5 nitrogen and oxygen atoms in total. The highest BCUT2D eigenvalue weighted by atomic mass is 32.1. The summed E-state index contributed by atoms with van der Waals surface area (Å²) in [4.78, 5) is 16.2. The molecule has 0 bridgehead atoms. The van der Waals surface area contributed by atoms with Crippen LogP contribution in [0.2, 0.25) is 0 Å². The number of nitrogens with zero attached hydrogens (tertiary/aromatic N) is 1. The molecular formula is C15H27N3O2S. The van der Waals surface area contributed by atoms with Gasteiger partial charge in [0.25, 0.3) is 0 Å². The van der Waals surface area contributed by atoms with Crippen LogP contribution >= 0.6 is 11.3 Å². The average Bonchev–Trinajstić information content (AvgIpc) is 2.78. The SMILES string of the molecule is CCC(CNC(C)c1csc(C)n1)NC(=O)OC(C)(C)C. The lowest BCUT2D eigenvalue weighted by atomic mass is 10.2. The Balaban J connectivity index is 2.42. The number of carbonyl (C=O) groups is 1. The summed E-state index contributed by atoms with van der Waals surface area (Å²) in [6.45, 7) is 12.4. The Morgan fingerprint density at radius 2 is 2.14 bits per heavy atom. The molecule has 0 aliphatic heterocycles. The van der Waals surface area contributed by atoms with Gasteiger partial charge in [-0.05, 0) is 41.0 Å². The highest BCUT2D eigenvalue weighted by molar-refractivity contribution is 7.09. The zero-order chi connectivity index (χ0) is 16.0. The number of hydrogen-bond acceptors (Lipinski definition) is 5. The average molecular weight is 313 g/mol. The van der Waals surface area contributed by atoms with Gasteiger partial charge in [0, 0.05) is 24.0 Å². The molecule has 0 aromatic carbocycles. The van der Waals surface area contributed by atoms with Gasteiger partial charge in [-0.3, -0.25) is 0 Å². The number of nitrogens with one attached hydrogen (secondary N) is 2. The number of amides is 1. The number of thiazole rings is 1. The van der Waals surface area contributed by atoms with E-state index in [9.17, 15) is 4.79 Å². The molecule has 0 aliphatic rings. The van der Waals surface area contributed by atoms with Crippen molar-refractivity contribution in [2.24, 2.45) is 0 Å². The van der Waals surface area contributed by atoms with Crippen LogP contribution in [-0.2, 0) is 4.74 Å². The van der Waals surface area contributed by atoms with Gasteiger partial charge in [-0.2, -0.15) is 0 Å². The molecule has 0 radical (unpaired) electrons. The number of hydrogen-bond donors (Lipinski definition) is 2. The fourth-order valence-corrected chi connectivity index (χ4v) is 2.48. The zero-order valence-corrected chi connectivity index (χ0v) is 14.6. The van der Waals surface area contributed by atoms with Crippen LogP contribution in [0.15, 0.2) is 5.38 Å². The van der Waals surface area contributed by atoms with E-state index in [1.54, 1.807) is 11.3 Å². The van der Waals surface area contributed by atoms with E-state index in [1.165, 1.54) is 0 Å². The molecule has 1 aromatic rings. The molecule has 2 atom stereocenters. The number of carbonyl (C=O) groups excluding carboxylic acids is 1. The molecule has 0 fully saturated rings. The van der Waals surface area contributed by atoms with Crippen molar-refractivity contribution in [3.63, 3.8) is 0 Å². The number of ether oxygens (including phenoxy) is 1. The van der Waals surface area contributed by atoms with Gasteiger partial charge in [0.05, 0.1) is 10.7 Å². The van der Waals surface area contributed by atoms with Crippen molar-refractivity contribution in [2.75, 3.05) is 6.54 Å². The standard InChI is InChI=1S/C15H27N3O2S/c1-7-12(18-14(19)20-15(4,5)6)8-16-10(2)13-9-21-11(3)17-13/h9-10,12,16H,7-8H2,1-6H3,(H,18,19). The summed E-state index contributed by atoms with van der Waals surface area (Å²) in [7, 11) is 0. The van der Waals surface area contributed by atoms with E-state index in [0.717, 1.165) is 17.1 Å². The number of alkyl carbamates (subject to hydrolysis) is 1. The van der Waals surface area contributed by atoms with Gasteiger partial charge in [0.2, 0.25) is 0 Å². The van der Waals surface area contributed by atoms with Crippen LogP contribution in [0.1, 0.15) is 57.8 Å². The molecule has 1 aromatic heterocycles. The summed E-state index contributed by atoms with van der Waals surface area (Å²) in [5.41, 5.74) is 0.575. The first-order chi connectivity index (χ1) is 9.71. The molecule has 0 saturated heterocycles. The predicted molar refractivity (Wildman–Crippen MR) is 86.7 cm³/mol. The van der Waals surface area contributed by atoms with Gasteiger partial charge < -0.3 is 15.4 Å². The summed E-state index contributed by atoms with van der Waals surface area (Å²) in [5, 5.41) is 9.43. The van der Waals surface area contributed by atoms with Gasteiger partial charge in [-0.25, -0.2) is 9.78 Å². The lowest BCUT2D eigenvalue weighted by Gasteiger charge is -2.24. The summed E-state index contributed by atoms with van der Waals surface area (Å²) in [6, 6.07) is 0.214. The third-order valence-corrected chi connectivity index (χ3v) is 3.76. The second-order valence-electron chi connectivity index (χ2n) is 6.17. The highest BCUT2D eigenvalue weighted by Crippen LogP contribution is 2.15. The van der Waals surface area contributed by atoms with Crippen molar-refractivity contribution in [1.82, 2.24) is 15.6 Å². The zero-order valence-electron chi connectivity index (χ0n) is 13.8. The maximum atomic E-state index is 11.8. The molecule has 2 N–H and O–H groups in total. The maximum Gasteiger partial charge on any atom is 0.407 e. The normalized spacial score (nSPS) is 14.6. The van der Waals surface area contributed by atoms with Gasteiger partial charge in [-0.1, -0.05) is 6.92 Å². The summed E-state index contributed by atoms with van der Waals surface area (Å²) < 4.78 is 5.28. The van der Waals surface area contributed by atoms with E-state index in [2.05, 4.69) is 27.9 Å². The molecule has 1 heterocycles. The Morgan fingerprint density at radius 3 is 2.62 bits per heavy atom. The van der Waals surface area contributed by atoms with Gasteiger partial charge in [0.15, 0.2) is 0 Å². The van der Waals surface area contributed by atoms with E-state index in [1.807, 2.05) is 34.6 Å². The van der Waals surface area contributed by atoms with Crippen LogP contribution in [0, 0.1) is 6.92 Å². The minimum Gasteiger partial charge on any atom is -0.444 e. The van der Waals surface area contributed by atoms with E-state index in [-0.39, 0.29) is 18.2 Å². The van der Waals surface area contributed by atoms with Crippen molar-refractivity contribution < 1.29 is 9.53 Å². The Kier molecular flexibility index (Phi) is 6.61. The maximum absolute atomic E-state index is 11.8. The molecular weight excluding hydrogens is 286 g/mol. The smallest absolute Gasteiger partial charge is 0.407 e. The van der Waals surface area contributed by atoms with Crippen LogP contribution in [0.25, 0.3) is 0 Å². The monoisotopic (exact) mass is 313 g/mol. The molecule has 0 aliphatic carbocycles. The summed E-state index contributed by atoms with van der Waals surface area (Å²) in [6.07, 6.45) is 0.475. The van der Waals surface area contributed by atoms with E-state index in [4.69, 9.17) is 4.74 Å². The lowest BCUT2D eigenvalue weighted by Crippen LogP contribution is -2.44. The molecule has 21 heavy (non-hydrogen) atoms. The molecule has 6 heteroatoms. The molecule has 1 rings (SSSR count). The second-order valence-corrected chi connectivity index (χ2v) is 7.23. The minimum atomic E-state index is -0.471. The van der Waals surface area contributed by atoms with Gasteiger partial charge in [-0.15, -0.1) is 11.3 Å². The molecule has 120 valence electrons. The first kappa shape index (κ1) is 17.9. The minimum absolute atomic E-state index is 0.0435. The van der Waals surface area contributed by atoms with Gasteiger partial charge in [0.1, 0.15) is 5.60 Å². The van der Waals surface area contributed by atoms with Crippen LogP contribution in [0.4, 0.5) is 4.79 Å². The fraction of sp³-hybridized carbons (Fsp3) is 0.733. The van der Waals surface area contributed by atoms with Crippen LogP contribution in [0.5, 0.6) is 0 Å². The largest absolute Gasteiger partial charge is 0.444 e. The van der Waals surface area contributed by atoms with Crippen molar-refractivity contribution in [2.45, 2.75) is 65.6 Å². The molecule has 2 unspecified atom stereocenters. The van der Waals surface area contributed by atoms with Crippen LogP contribution in [-0.4, -0.2) is 29.3 Å². The van der Waals surface area contributed by atoms with E-state index < -0.39 is 5.60 Å². The van der Waals surface area contributed by atoms with Gasteiger partial charge >= 0.3 is 6.09 Å². The molecule has 1 amide bonds. The summed E-state index contributed by atoms with van der Waals surface area (Å²) >= 11 is 1.65. The van der Waals surface area contributed by atoms with Crippen molar-refractivity contribution in [1.29, 1.82) is 0 Å². The Morgan fingerprint density at radius 1 is 1.48 bits per heavy atom. The predicted octanol–water partition coefficient (Wildman–Crippen LogP) is 3.41. The summed E-state index contributed by atoms with van der Waals surface area (Å²) in [5.74, 6) is 0. The van der Waals surface area contributed by atoms with Crippen molar-refractivity contribution >= 4 is 17.4 Å². The third-order valence-electron chi connectivity index (χ3n) is 2.96. The molecule has 0 saturated carbocycles. The van der Waals surface area contributed by atoms with E-state index >= 15 is 0 Å². The fourth-order valence-electron chi connectivity index (χ4n) is 1.77. The Labute approximate surface area is 131 Å². The van der Waals surface area contributed by atoms with Crippen LogP contribution in [0.3, 0.4) is 0 Å². The number of rotatable bonds is 6. The lowest BCUT2D eigenvalue weighted by molar-refractivity contribution is 0.0502. The van der Waals surface area contributed by atoms with Crippen molar-refractivity contribution in [3.8, 4) is 0 Å². The number of aromatic nitrogens is 1. The topological polar surface area (TPSA) is 63.2 Å². The number of aryl methyl sites for hydroxylation is 1. The highest BCUT2D eigenvalue weighted by Gasteiger charge is 2.19. The Bertz CT molecular complexity index is 454. The second kappa shape index (κ2) is 7.75. The third kappa shape index (κ3) is 6.91. The first-order valence-corrected chi connectivity index (χ1v) is 8.24. The van der Waals surface area contributed by atoms with Crippen molar-refractivity contribution in [3.05, 3.63) is 16.1 Å². The quantitative estimate of drug-likeness (QED) is 0.845. The molecule has 0 spiro atoms.